The SMILES string of the molecule is CC(CN=Cc1c(O)ccc2ccccc12)(CN=Cc1c(O)ccc2ccccc12)Cc1ccc([N+](=O)[O-])cc1. The van der Waals surface area contributed by atoms with Crippen LogP contribution in [0, 0.1) is 15.5 Å². The maximum absolute atomic E-state index is 11.1. The molecule has 7 nitrogen and oxygen atoms in total. The lowest BCUT2D eigenvalue weighted by atomic mass is 9.83. The second kappa shape index (κ2) is 11.4. The lowest BCUT2D eigenvalue weighted by molar-refractivity contribution is -0.384. The Balaban J connectivity index is 1.44. The van der Waals surface area contributed by atoms with Gasteiger partial charge >= 0.3 is 0 Å². The maximum Gasteiger partial charge on any atom is 0.269 e. The quantitative estimate of drug-likeness (QED) is 0.120. The molecule has 7 heteroatoms. The van der Waals surface area contributed by atoms with Crippen LogP contribution in [-0.4, -0.2) is 40.7 Å². The van der Waals surface area contributed by atoms with Crippen molar-refractivity contribution in [2.24, 2.45) is 15.4 Å². The third-order valence-electron chi connectivity index (χ3n) is 7.06. The van der Waals surface area contributed by atoms with E-state index in [4.69, 9.17) is 9.98 Å². The first-order chi connectivity index (χ1) is 19.3. The monoisotopic (exact) mass is 531 g/mol. The number of aromatic hydroxyl groups is 2. The van der Waals surface area contributed by atoms with Gasteiger partial charge in [0.1, 0.15) is 11.5 Å². The summed E-state index contributed by atoms with van der Waals surface area (Å²) in [7, 11) is 0. The summed E-state index contributed by atoms with van der Waals surface area (Å²) in [4.78, 5) is 20.2. The fourth-order valence-electron chi connectivity index (χ4n) is 4.94. The van der Waals surface area contributed by atoms with Gasteiger partial charge in [-0.1, -0.05) is 79.7 Å². The van der Waals surface area contributed by atoms with Crippen LogP contribution in [0.3, 0.4) is 0 Å². The molecule has 0 saturated heterocycles. The van der Waals surface area contributed by atoms with Gasteiger partial charge in [-0.05, 0) is 45.7 Å². The van der Waals surface area contributed by atoms with Crippen LogP contribution in [0.4, 0.5) is 5.69 Å². The number of phenolic OH excluding ortho intramolecular Hbond substituents is 2. The lowest BCUT2D eigenvalue weighted by Gasteiger charge is -2.26. The summed E-state index contributed by atoms with van der Waals surface area (Å²) in [5.41, 5.74) is 1.82. The molecule has 0 aliphatic rings. The van der Waals surface area contributed by atoms with Gasteiger partial charge in [0, 0.05) is 54.2 Å². The Hall–Kier alpha value is -5.04. The average molecular weight is 532 g/mol. The Labute approximate surface area is 231 Å². The molecule has 0 saturated carbocycles. The Bertz CT molecular complexity index is 1650. The minimum atomic E-state index is -0.455. The van der Waals surface area contributed by atoms with Gasteiger partial charge in [-0.15, -0.1) is 0 Å². The van der Waals surface area contributed by atoms with Crippen LogP contribution in [0.25, 0.3) is 21.5 Å². The standard InChI is InChI=1S/C33H29N3O4/c1-33(18-23-10-14-26(15-11-23)36(39)40,21-34-19-29-27-8-4-2-6-24(27)12-16-31(29)37)22-35-20-30-28-9-5-3-7-25(28)13-17-32(30)38/h2-17,19-20,37-38H,18,21-22H2,1H3. The number of non-ortho nitro benzene ring substituents is 1. The van der Waals surface area contributed by atoms with Crippen molar-refractivity contribution in [2.45, 2.75) is 13.3 Å². The molecule has 5 aromatic rings. The Morgan fingerprint density at radius 2 is 1.20 bits per heavy atom. The number of phenols is 2. The van der Waals surface area contributed by atoms with Crippen LogP contribution in [0.2, 0.25) is 0 Å². The predicted molar refractivity (Wildman–Crippen MR) is 161 cm³/mol. The van der Waals surface area contributed by atoms with E-state index >= 15 is 0 Å². The Morgan fingerprint density at radius 3 is 1.68 bits per heavy atom. The number of hydrogen-bond donors (Lipinski definition) is 2. The minimum Gasteiger partial charge on any atom is -0.507 e. The number of rotatable bonds is 9. The molecule has 0 heterocycles. The van der Waals surface area contributed by atoms with E-state index in [9.17, 15) is 20.3 Å². The van der Waals surface area contributed by atoms with E-state index in [0.29, 0.717) is 30.6 Å². The number of benzene rings is 5. The molecule has 0 bridgehead atoms. The molecule has 5 aromatic carbocycles. The van der Waals surface area contributed by atoms with Crippen LogP contribution in [0.1, 0.15) is 23.6 Å². The Kier molecular flexibility index (Phi) is 7.55. The lowest BCUT2D eigenvalue weighted by Crippen LogP contribution is -2.27. The summed E-state index contributed by atoms with van der Waals surface area (Å²) >= 11 is 0. The molecular weight excluding hydrogens is 502 g/mol. The van der Waals surface area contributed by atoms with Gasteiger partial charge in [-0.25, -0.2) is 0 Å². The fourth-order valence-corrected chi connectivity index (χ4v) is 4.94. The van der Waals surface area contributed by atoms with E-state index in [-0.39, 0.29) is 17.2 Å². The summed E-state index contributed by atoms with van der Waals surface area (Å²) in [5, 5.41) is 36.0. The van der Waals surface area contributed by atoms with Crippen molar-refractivity contribution >= 4 is 39.7 Å². The van der Waals surface area contributed by atoms with Crippen LogP contribution in [0.15, 0.2) is 107 Å². The largest absolute Gasteiger partial charge is 0.507 e. The zero-order valence-corrected chi connectivity index (χ0v) is 22.1. The molecule has 0 spiro atoms. The first-order valence-electron chi connectivity index (χ1n) is 13.0. The highest BCUT2D eigenvalue weighted by atomic mass is 16.6. The van der Waals surface area contributed by atoms with Gasteiger partial charge in [0.15, 0.2) is 0 Å². The number of nitrogens with zero attached hydrogens (tertiary/aromatic N) is 3. The summed E-state index contributed by atoms with van der Waals surface area (Å²) in [6, 6.07) is 29.2. The molecular formula is C33H29N3O4. The molecule has 2 N–H and O–H groups in total. The Morgan fingerprint density at radius 1 is 0.725 bits per heavy atom. The second-order valence-corrected chi connectivity index (χ2v) is 10.3. The topological polar surface area (TPSA) is 108 Å². The molecule has 0 unspecified atom stereocenters. The van der Waals surface area contributed by atoms with Gasteiger partial charge in [0.25, 0.3) is 5.69 Å². The number of hydrogen-bond acceptors (Lipinski definition) is 6. The van der Waals surface area contributed by atoms with E-state index in [0.717, 1.165) is 27.1 Å². The van der Waals surface area contributed by atoms with E-state index in [1.165, 1.54) is 12.1 Å². The number of nitro benzene ring substituents is 1. The third kappa shape index (κ3) is 5.83. The highest BCUT2D eigenvalue weighted by Crippen LogP contribution is 2.29. The van der Waals surface area contributed by atoms with Gasteiger partial charge < -0.3 is 10.2 Å². The fraction of sp³-hybridized carbons (Fsp3) is 0.152. The minimum absolute atomic E-state index is 0.0411. The first-order valence-corrected chi connectivity index (χ1v) is 13.0. The second-order valence-electron chi connectivity index (χ2n) is 10.3. The molecule has 0 amide bonds. The van der Waals surface area contributed by atoms with Crippen molar-refractivity contribution in [1.82, 2.24) is 0 Å². The molecule has 0 atom stereocenters. The molecule has 200 valence electrons. The average Bonchev–Trinajstić information content (AvgIpc) is 2.96. The third-order valence-corrected chi connectivity index (χ3v) is 7.06. The van der Waals surface area contributed by atoms with Crippen molar-refractivity contribution < 1.29 is 15.1 Å². The van der Waals surface area contributed by atoms with Gasteiger partial charge in [-0.3, -0.25) is 20.1 Å². The van der Waals surface area contributed by atoms with Crippen molar-refractivity contribution in [3.8, 4) is 11.5 Å². The van der Waals surface area contributed by atoms with Crippen LogP contribution < -0.4 is 0 Å². The summed E-state index contributed by atoms with van der Waals surface area (Å²) in [6.45, 7) is 2.85. The maximum atomic E-state index is 11.1. The molecule has 0 fully saturated rings. The number of aliphatic imine (C=N–C) groups is 2. The van der Waals surface area contributed by atoms with E-state index in [1.807, 2.05) is 60.7 Å². The van der Waals surface area contributed by atoms with Crippen LogP contribution in [0.5, 0.6) is 11.5 Å². The molecule has 0 aliphatic carbocycles. The number of nitro groups is 1. The number of fused-ring (bicyclic) bond motifs is 2. The van der Waals surface area contributed by atoms with Crippen molar-refractivity contribution in [3.05, 3.63) is 124 Å². The summed E-state index contributed by atoms with van der Waals surface area (Å²) in [6.07, 6.45) is 3.97. The van der Waals surface area contributed by atoms with E-state index in [1.54, 1.807) is 36.7 Å². The summed E-state index contributed by atoms with van der Waals surface area (Å²) < 4.78 is 0. The van der Waals surface area contributed by atoms with Gasteiger partial charge in [0.2, 0.25) is 0 Å². The summed E-state index contributed by atoms with van der Waals surface area (Å²) in [5.74, 6) is 0.313. The van der Waals surface area contributed by atoms with Crippen molar-refractivity contribution in [3.63, 3.8) is 0 Å². The van der Waals surface area contributed by atoms with Crippen LogP contribution >= 0.6 is 0 Å². The van der Waals surface area contributed by atoms with Crippen molar-refractivity contribution in [2.75, 3.05) is 13.1 Å². The normalized spacial score (nSPS) is 13.3. The van der Waals surface area contributed by atoms with Crippen molar-refractivity contribution in [1.29, 1.82) is 0 Å². The molecule has 0 aliphatic heterocycles. The highest BCUT2D eigenvalue weighted by molar-refractivity contribution is 6.03. The van der Waals surface area contributed by atoms with Crippen LogP contribution in [-0.2, 0) is 6.42 Å². The molecule has 0 aromatic heterocycles. The zero-order chi connectivity index (χ0) is 28.1. The zero-order valence-electron chi connectivity index (χ0n) is 22.1. The smallest absolute Gasteiger partial charge is 0.269 e. The van der Waals surface area contributed by atoms with Gasteiger partial charge in [-0.2, -0.15) is 0 Å². The first kappa shape index (κ1) is 26.6. The molecule has 5 rings (SSSR count). The molecule has 40 heavy (non-hydrogen) atoms. The van der Waals surface area contributed by atoms with Gasteiger partial charge in [0.05, 0.1) is 4.92 Å². The highest BCUT2D eigenvalue weighted by Gasteiger charge is 2.25. The van der Waals surface area contributed by atoms with E-state index < -0.39 is 10.3 Å². The molecule has 0 radical (unpaired) electrons. The van der Waals surface area contributed by atoms with E-state index in [2.05, 4.69) is 6.92 Å². The predicted octanol–water partition coefficient (Wildman–Crippen LogP) is 7.10.